The summed E-state index contributed by atoms with van der Waals surface area (Å²) in [6, 6.07) is 8.45. The standard InChI is InChI=1S/C22H32N2O4S/c1-28-21-9-5-2-6-17(21)14-23(18-10-11-18)15-22(25)24(19-7-3-4-8-19)20-12-13-29(26,27)16-20/h2,5-6,9,18-20H,3-4,7-8,10-16H2,1H3. The Morgan fingerprint density at radius 1 is 1.03 bits per heavy atom. The van der Waals surface area contributed by atoms with Gasteiger partial charge >= 0.3 is 0 Å². The van der Waals surface area contributed by atoms with Crippen molar-refractivity contribution in [1.29, 1.82) is 0 Å². The van der Waals surface area contributed by atoms with E-state index in [4.69, 9.17) is 4.74 Å². The van der Waals surface area contributed by atoms with E-state index in [0.717, 1.165) is 49.8 Å². The number of ether oxygens (including phenoxy) is 1. The zero-order valence-electron chi connectivity index (χ0n) is 17.3. The number of hydrogen-bond donors (Lipinski definition) is 0. The molecule has 6 nitrogen and oxygen atoms in total. The Balaban J connectivity index is 1.50. The minimum atomic E-state index is -3.02. The molecule has 2 saturated carbocycles. The van der Waals surface area contributed by atoms with Crippen molar-refractivity contribution in [2.75, 3.05) is 25.2 Å². The first kappa shape index (κ1) is 20.7. The zero-order chi connectivity index (χ0) is 20.4. The minimum absolute atomic E-state index is 0.0980. The predicted octanol–water partition coefficient (Wildman–Crippen LogP) is 2.62. The van der Waals surface area contributed by atoms with Crippen LogP contribution in [0.15, 0.2) is 24.3 Å². The molecule has 0 N–H and O–H groups in total. The fourth-order valence-electron chi connectivity index (χ4n) is 4.94. The molecule has 1 aromatic rings. The maximum absolute atomic E-state index is 13.5. The van der Waals surface area contributed by atoms with Crippen LogP contribution >= 0.6 is 0 Å². The highest BCUT2D eigenvalue weighted by atomic mass is 32.2. The third-order valence-electron chi connectivity index (χ3n) is 6.58. The fourth-order valence-corrected chi connectivity index (χ4v) is 6.66. The Bertz CT molecular complexity index is 831. The SMILES string of the molecule is COc1ccccc1CN(CC(=O)N(C1CCCC1)C1CCS(=O)(=O)C1)C1CC1. The second-order valence-corrected chi connectivity index (χ2v) is 11.0. The van der Waals surface area contributed by atoms with Crippen LogP contribution in [0.5, 0.6) is 5.75 Å². The number of amides is 1. The number of methoxy groups -OCH3 is 1. The van der Waals surface area contributed by atoms with E-state index in [1.807, 2.05) is 23.1 Å². The van der Waals surface area contributed by atoms with E-state index in [1.165, 1.54) is 0 Å². The molecule has 29 heavy (non-hydrogen) atoms. The third-order valence-corrected chi connectivity index (χ3v) is 8.33. The van der Waals surface area contributed by atoms with Crippen LogP contribution in [0, 0.1) is 0 Å². The Labute approximate surface area is 174 Å². The molecule has 1 aliphatic heterocycles. The van der Waals surface area contributed by atoms with Gasteiger partial charge in [0.05, 0.1) is 25.2 Å². The van der Waals surface area contributed by atoms with Gasteiger partial charge in [0.25, 0.3) is 0 Å². The normalized spacial score (nSPS) is 24.1. The summed E-state index contributed by atoms with van der Waals surface area (Å²) in [4.78, 5) is 17.7. The molecule has 1 unspecified atom stereocenters. The van der Waals surface area contributed by atoms with Crippen LogP contribution < -0.4 is 4.74 Å². The van der Waals surface area contributed by atoms with Gasteiger partial charge in [-0.3, -0.25) is 9.69 Å². The van der Waals surface area contributed by atoms with Crippen LogP contribution in [0.1, 0.15) is 50.5 Å². The first-order chi connectivity index (χ1) is 14.0. The lowest BCUT2D eigenvalue weighted by Gasteiger charge is -2.36. The van der Waals surface area contributed by atoms with Crippen molar-refractivity contribution in [1.82, 2.24) is 9.80 Å². The molecule has 3 aliphatic rings. The Hall–Kier alpha value is -1.60. The molecule has 4 rings (SSSR count). The largest absolute Gasteiger partial charge is 0.496 e. The topological polar surface area (TPSA) is 66.9 Å². The molecule has 0 bridgehead atoms. The van der Waals surface area contributed by atoms with E-state index >= 15 is 0 Å². The number of nitrogens with zero attached hydrogens (tertiary/aromatic N) is 2. The van der Waals surface area contributed by atoms with Gasteiger partial charge in [-0.05, 0) is 38.2 Å². The first-order valence-electron chi connectivity index (χ1n) is 10.8. The Morgan fingerprint density at radius 3 is 2.38 bits per heavy atom. The van der Waals surface area contributed by atoms with E-state index in [1.54, 1.807) is 7.11 Å². The van der Waals surface area contributed by atoms with Gasteiger partial charge in [-0.2, -0.15) is 0 Å². The van der Waals surface area contributed by atoms with Gasteiger partial charge in [0, 0.05) is 30.2 Å². The summed E-state index contributed by atoms with van der Waals surface area (Å²) in [6.45, 7) is 1.04. The van der Waals surface area contributed by atoms with Gasteiger partial charge < -0.3 is 9.64 Å². The summed E-state index contributed by atoms with van der Waals surface area (Å²) in [5.74, 6) is 1.29. The van der Waals surface area contributed by atoms with E-state index < -0.39 is 9.84 Å². The molecular formula is C22H32N2O4S. The number of benzene rings is 1. The maximum atomic E-state index is 13.5. The molecule has 7 heteroatoms. The van der Waals surface area contributed by atoms with Crippen LogP contribution in [-0.4, -0.2) is 67.4 Å². The molecular weight excluding hydrogens is 388 g/mol. The number of carbonyl (C=O) groups excluding carboxylic acids is 1. The lowest BCUT2D eigenvalue weighted by Crippen LogP contribution is -2.50. The van der Waals surface area contributed by atoms with Crippen LogP contribution in [-0.2, 0) is 21.2 Å². The van der Waals surface area contributed by atoms with Crippen molar-refractivity contribution in [3.05, 3.63) is 29.8 Å². The van der Waals surface area contributed by atoms with E-state index in [-0.39, 0.29) is 29.5 Å². The van der Waals surface area contributed by atoms with Gasteiger partial charge in [0.2, 0.25) is 5.91 Å². The summed E-state index contributed by atoms with van der Waals surface area (Å²) in [5, 5.41) is 0. The first-order valence-corrected chi connectivity index (χ1v) is 12.7. The van der Waals surface area contributed by atoms with Crippen LogP contribution in [0.3, 0.4) is 0 Å². The Morgan fingerprint density at radius 2 is 1.76 bits per heavy atom. The molecule has 1 atom stereocenters. The second kappa shape index (κ2) is 8.64. The van der Waals surface area contributed by atoms with Gasteiger partial charge in [-0.25, -0.2) is 8.42 Å². The molecule has 0 spiro atoms. The van der Waals surface area contributed by atoms with Crippen molar-refractivity contribution in [3.8, 4) is 5.75 Å². The van der Waals surface area contributed by atoms with Crippen LogP contribution in [0.4, 0.5) is 0 Å². The molecule has 2 aliphatic carbocycles. The van der Waals surface area contributed by atoms with E-state index in [0.29, 0.717) is 25.6 Å². The average Bonchev–Trinajstić information content (AvgIpc) is 3.30. The van der Waals surface area contributed by atoms with Crippen LogP contribution in [0.25, 0.3) is 0 Å². The molecule has 3 fully saturated rings. The fraction of sp³-hybridized carbons (Fsp3) is 0.682. The summed E-state index contributed by atoms with van der Waals surface area (Å²) in [6.07, 6.45) is 7.06. The summed E-state index contributed by atoms with van der Waals surface area (Å²) in [5.41, 5.74) is 1.09. The molecule has 1 aromatic carbocycles. The Kier molecular flexibility index (Phi) is 6.16. The van der Waals surface area contributed by atoms with E-state index in [9.17, 15) is 13.2 Å². The van der Waals surface area contributed by atoms with Crippen molar-refractivity contribution in [2.45, 2.75) is 69.6 Å². The smallest absolute Gasteiger partial charge is 0.237 e. The summed E-state index contributed by atoms with van der Waals surface area (Å²) < 4.78 is 29.6. The lowest BCUT2D eigenvalue weighted by atomic mass is 10.1. The quantitative estimate of drug-likeness (QED) is 0.647. The van der Waals surface area contributed by atoms with Crippen molar-refractivity contribution in [3.63, 3.8) is 0 Å². The third kappa shape index (κ3) is 4.94. The number of hydrogen-bond acceptors (Lipinski definition) is 5. The van der Waals surface area contributed by atoms with E-state index in [2.05, 4.69) is 11.0 Å². The molecule has 0 radical (unpaired) electrons. The highest BCUT2D eigenvalue weighted by molar-refractivity contribution is 7.91. The van der Waals surface area contributed by atoms with Crippen molar-refractivity contribution < 1.29 is 17.9 Å². The number of sulfone groups is 1. The second-order valence-electron chi connectivity index (χ2n) is 8.74. The van der Waals surface area contributed by atoms with Gasteiger partial charge in [-0.1, -0.05) is 31.0 Å². The van der Waals surface area contributed by atoms with Gasteiger partial charge in [0.1, 0.15) is 5.75 Å². The highest BCUT2D eigenvalue weighted by Crippen LogP contribution is 2.33. The van der Waals surface area contributed by atoms with Crippen LogP contribution in [0.2, 0.25) is 0 Å². The molecule has 0 aromatic heterocycles. The summed E-state index contributed by atoms with van der Waals surface area (Å²) in [7, 11) is -1.34. The molecule has 1 amide bonds. The molecule has 160 valence electrons. The predicted molar refractivity (Wildman–Crippen MR) is 113 cm³/mol. The number of para-hydroxylation sites is 1. The average molecular weight is 421 g/mol. The van der Waals surface area contributed by atoms with Crippen molar-refractivity contribution >= 4 is 15.7 Å². The number of rotatable bonds is 8. The molecule has 1 saturated heterocycles. The monoisotopic (exact) mass is 420 g/mol. The zero-order valence-corrected chi connectivity index (χ0v) is 18.1. The highest BCUT2D eigenvalue weighted by Gasteiger charge is 2.40. The molecule has 1 heterocycles. The summed E-state index contributed by atoms with van der Waals surface area (Å²) >= 11 is 0. The number of carbonyl (C=O) groups is 1. The van der Waals surface area contributed by atoms with Crippen molar-refractivity contribution in [2.24, 2.45) is 0 Å². The maximum Gasteiger partial charge on any atom is 0.237 e. The van der Waals surface area contributed by atoms with Gasteiger partial charge in [0.15, 0.2) is 9.84 Å². The van der Waals surface area contributed by atoms with Gasteiger partial charge in [-0.15, -0.1) is 0 Å². The minimum Gasteiger partial charge on any atom is -0.496 e. The lowest BCUT2D eigenvalue weighted by molar-refractivity contribution is -0.137.